The fourth-order valence-electron chi connectivity index (χ4n) is 3.31. The molecule has 1 aromatic carbocycles. The minimum Gasteiger partial charge on any atom is -0.368 e. The fraction of sp³-hybridized carbons (Fsp3) is 0.278. The number of rotatable bonds is 3. The standard InChI is InChI=1S/C17H20N5P.CH3.Cs/c18-17-19-8-12(9-20-17)11-1-2-15-13(7-11)14-10-22(5-6-23)4-3-16(14)21-15;;/h1-2,7-9,21H,3-6,10,23H2,(H2,18,19,20);1H3;/q;-1;+1. The molecule has 0 bridgehead atoms. The zero-order chi connectivity index (χ0) is 15.8. The molecule has 3 heterocycles. The average molecular weight is 473 g/mol. The topological polar surface area (TPSA) is 70.8 Å². The van der Waals surface area contributed by atoms with Gasteiger partial charge < -0.3 is 18.1 Å². The molecule has 0 radical (unpaired) electrons. The van der Waals surface area contributed by atoms with Crippen molar-refractivity contribution in [3.05, 3.63) is 49.3 Å². The Hall–Kier alpha value is 0.0819. The van der Waals surface area contributed by atoms with Crippen LogP contribution in [0.4, 0.5) is 5.95 Å². The van der Waals surface area contributed by atoms with Gasteiger partial charge in [0.15, 0.2) is 0 Å². The number of aromatic amines is 1. The summed E-state index contributed by atoms with van der Waals surface area (Å²) in [6.07, 6.45) is 5.77. The molecule has 25 heavy (non-hydrogen) atoms. The fourth-order valence-corrected chi connectivity index (χ4v) is 3.68. The summed E-state index contributed by atoms with van der Waals surface area (Å²) in [5.74, 6) is 0.307. The molecule has 5 nitrogen and oxygen atoms in total. The van der Waals surface area contributed by atoms with Crippen LogP contribution in [0, 0.1) is 7.43 Å². The van der Waals surface area contributed by atoms with E-state index in [0.717, 1.165) is 43.3 Å². The van der Waals surface area contributed by atoms with E-state index in [1.54, 1.807) is 12.4 Å². The molecular formula is C18H23CsN5P. The van der Waals surface area contributed by atoms with E-state index in [1.165, 1.54) is 22.2 Å². The van der Waals surface area contributed by atoms with E-state index in [-0.39, 0.29) is 76.3 Å². The van der Waals surface area contributed by atoms with Crippen LogP contribution in [0.2, 0.25) is 0 Å². The number of nitrogen functional groups attached to an aromatic ring is 1. The van der Waals surface area contributed by atoms with Crippen molar-refractivity contribution in [2.75, 3.05) is 25.0 Å². The van der Waals surface area contributed by atoms with Crippen LogP contribution in [0.3, 0.4) is 0 Å². The summed E-state index contributed by atoms with van der Waals surface area (Å²) >= 11 is 0. The van der Waals surface area contributed by atoms with Gasteiger partial charge in [0.2, 0.25) is 5.95 Å². The van der Waals surface area contributed by atoms with Crippen molar-refractivity contribution in [1.82, 2.24) is 19.9 Å². The quantitative estimate of drug-likeness (QED) is 0.412. The molecule has 2 aromatic heterocycles. The molecular weight excluding hydrogens is 450 g/mol. The third-order valence-corrected chi connectivity index (χ3v) is 4.76. The van der Waals surface area contributed by atoms with Gasteiger partial charge >= 0.3 is 68.9 Å². The van der Waals surface area contributed by atoms with Gasteiger partial charge in [-0.25, -0.2) is 9.97 Å². The average Bonchev–Trinajstić information content (AvgIpc) is 2.93. The molecule has 0 aliphatic carbocycles. The summed E-state index contributed by atoms with van der Waals surface area (Å²) in [4.78, 5) is 14.3. The van der Waals surface area contributed by atoms with Crippen LogP contribution >= 0.6 is 9.24 Å². The summed E-state index contributed by atoms with van der Waals surface area (Å²) in [5.41, 5.74) is 11.7. The van der Waals surface area contributed by atoms with Crippen LogP contribution < -0.4 is 74.6 Å². The molecule has 126 valence electrons. The number of nitrogens with two attached hydrogens (primary N) is 1. The Morgan fingerprint density at radius 3 is 2.68 bits per heavy atom. The van der Waals surface area contributed by atoms with Gasteiger partial charge in [-0.05, 0) is 29.4 Å². The number of nitrogens with one attached hydrogen (secondary N) is 1. The molecule has 1 atom stereocenters. The minimum absolute atomic E-state index is 0. The SMILES string of the molecule is Nc1ncc(-c2ccc3[nH]c4c(c3c2)CN(CCP)CC4)cn1.[CH3-].[Cs+]. The maximum atomic E-state index is 5.58. The second-order valence-corrected chi connectivity index (χ2v) is 6.56. The van der Waals surface area contributed by atoms with Gasteiger partial charge in [-0.15, -0.1) is 9.24 Å². The van der Waals surface area contributed by atoms with E-state index in [1.807, 2.05) is 0 Å². The van der Waals surface area contributed by atoms with E-state index in [4.69, 9.17) is 5.73 Å². The van der Waals surface area contributed by atoms with Crippen LogP contribution in [0.5, 0.6) is 0 Å². The number of hydrogen-bond donors (Lipinski definition) is 2. The van der Waals surface area contributed by atoms with Crippen LogP contribution in [0.25, 0.3) is 22.0 Å². The number of benzene rings is 1. The third kappa shape index (κ3) is 4.50. The van der Waals surface area contributed by atoms with Crippen molar-refractivity contribution < 1.29 is 68.9 Å². The van der Waals surface area contributed by atoms with Gasteiger partial charge in [-0.1, -0.05) is 6.07 Å². The molecule has 4 rings (SSSR count). The molecule has 1 unspecified atom stereocenters. The zero-order valence-corrected chi connectivity index (χ0v) is 22.4. The van der Waals surface area contributed by atoms with Crippen molar-refractivity contribution in [2.45, 2.75) is 13.0 Å². The maximum absolute atomic E-state index is 5.58. The Morgan fingerprint density at radius 1 is 1.20 bits per heavy atom. The van der Waals surface area contributed by atoms with Gasteiger partial charge in [0.1, 0.15) is 0 Å². The molecule has 3 N–H and O–H groups in total. The van der Waals surface area contributed by atoms with E-state index in [2.05, 4.69) is 47.3 Å². The monoisotopic (exact) mass is 473 g/mol. The number of fused-ring (bicyclic) bond motifs is 3. The molecule has 0 fully saturated rings. The molecule has 1 aliphatic heterocycles. The first-order valence-electron chi connectivity index (χ1n) is 7.88. The summed E-state index contributed by atoms with van der Waals surface area (Å²) in [6, 6.07) is 6.50. The smallest absolute Gasteiger partial charge is 0.368 e. The van der Waals surface area contributed by atoms with E-state index in [0.29, 0.717) is 5.95 Å². The number of H-pyrrole nitrogens is 1. The molecule has 0 saturated carbocycles. The number of anilines is 1. The Bertz CT molecular complexity index is 847. The minimum atomic E-state index is 0. The summed E-state index contributed by atoms with van der Waals surface area (Å²) in [5, 5.41) is 1.31. The van der Waals surface area contributed by atoms with Crippen LogP contribution in [0.1, 0.15) is 11.3 Å². The molecule has 0 amide bonds. The van der Waals surface area contributed by atoms with E-state index < -0.39 is 0 Å². The Morgan fingerprint density at radius 2 is 1.96 bits per heavy atom. The molecule has 1 aliphatic rings. The first-order chi connectivity index (χ1) is 11.2. The summed E-state index contributed by atoms with van der Waals surface area (Å²) < 4.78 is 0. The van der Waals surface area contributed by atoms with Gasteiger partial charge in [0, 0.05) is 60.6 Å². The van der Waals surface area contributed by atoms with Gasteiger partial charge in [-0.3, -0.25) is 4.90 Å². The number of aromatic nitrogens is 3. The summed E-state index contributed by atoms with van der Waals surface area (Å²) in [7, 11) is 2.82. The normalized spacial score (nSPS) is 13.8. The zero-order valence-electron chi connectivity index (χ0n) is 14.9. The van der Waals surface area contributed by atoms with Crippen molar-refractivity contribution in [3.63, 3.8) is 0 Å². The van der Waals surface area contributed by atoms with E-state index >= 15 is 0 Å². The van der Waals surface area contributed by atoms with Gasteiger partial charge in [0.05, 0.1) is 0 Å². The third-order valence-electron chi connectivity index (χ3n) is 4.50. The van der Waals surface area contributed by atoms with Crippen molar-refractivity contribution in [3.8, 4) is 11.1 Å². The first-order valence-corrected chi connectivity index (χ1v) is 8.70. The van der Waals surface area contributed by atoms with Crippen LogP contribution in [-0.2, 0) is 13.0 Å². The van der Waals surface area contributed by atoms with E-state index in [9.17, 15) is 0 Å². The largest absolute Gasteiger partial charge is 1.00 e. The summed E-state index contributed by atoms with van der Waals surface area (Å²) in [6.45, 7) is 3.28. The number of hydrogen-bond acceptors (Lipinski definition) is 4. The molecule has 3 aromatic rings. The predicted molar refractivity (Wildman–Crippen MR) is 104 cm³/mol. The van der Waals surface area contributed by atoms with Crippen molar-refractivity contribution in [1.29, 1.82) is 0 Å². The molecule has 0 saturated heterocycles. The Labute approximate surface area is 210 Å². The van der Waals surface area contributed by atoms with Crippen LogP contribution in [-0.4, -0.2) is 39.1 Å². The van der Waals surface area contributed by atoms with Gasteiger partial charge in [-0.2, -0.15) is 0 Å². The Balaban J connectivity index is 0.00000113. The molecule has 7 heteroatoms. The molecule has 0 spiro atoms. The second-order valence-electron chi connectivity index (χ2n) is 5.99. The number of nitrogens with zero attached hydrogens (tertiary/aromatic N) is 3. The second kappa shape index (κ2) is 9.33. The maximum Gasteiger partial charge on any atom is 1.00 e. The Kier molecular flexibility index (Phi) is 7.98. The van der Waals surface area contributed by atoms with Gasteiger partial charge in [0.25, 0.3) is 0 Å². The predicted octanol–water partition coefficient (Wildman–Crippen LogP) is -0.105. The van der Waals surface area contributed by atoms with Crippen LogP contribution in [0.15, 0.2) is 30.6 Å². The van der Waals surface area contributed by atoms with Crippen molar-refractivity contribution in [2.24, 2.45) is 0 Å². The van der Waals surface area contributed by atoms with Crippen molar-refractivity contribution >= 4 is 26.1 Å². The first kappa shape index (κ1) is 21.4.